The molecule has 6 nitrogen and oxygen atoms in total. The molecule has 0 atom stereocenters. The molecular formula is C10H13N3O3. The molecule has 0 aliphatic carbocycles. The monoisotopic (exact) mass is 223 g/mol. The number of carboxylic acid groups (broad SMARTS) is 1. The van der Waals surface area contributed by atoms with E-state index < -0.39 is 11.9 Å². The van der Waals surface area contributed by atoms with Crippen molar-refractivity contribution in [2.45, 2.75) is 19.9 Å². The molecule has 16 heavy (non-hydrogen) atoms. The van der Waals surface area contributed by atoms with Crippen molar-refractivity contribution in [2.75, 3.05) is 6.54 Å². The molecule has 1 N–H and O–H groups in total. The van der Waals surface area contributed by atoms with Gasteiger partial charge >= 0.3 is 5.97 Å². The van der Waals surface area contributed by atoms with Gasteiger partial charge in [0.2, 0.25) is 0 Å². The highest BCUT2D eigenvalue weighted by Crippen LogP contribution is 2.04. The molecule has 0 aromatic carbocycles. The summed E-state index contributed by atoms with van der Waals surface area (Å²) in [5, 5.41) is 8.70. The number of aromatic nitrogens is 2. The SMILES string of the molecule is CC(C)N(CC(=O)O)C(=O)c1cnccn1. The molecule has 0 saturated carbocycles. The van der Waals surface area contributed by atoms with Gasteiger partial charge in [-0.3, -0.25) is 14.6 Å². The second kappa shape index (κ2) is 5.20. The molecule has 1 amide bonds. The first-order valence-corrected chi connectivity index (χ1v) is 4.81. The lowest BCUT2D eigenvalue weighted by atomic mass is 10.2. The lowest BCUT2D eigenvalue weighted by Gasteiger charge is -2.24. The van der Waals surface area contributed by atoms with Crippen LogP contribution in [0.4, 0.5) is 0 Å². The highest BCUT2D eigenvalue weighted by atomic mass is 16.4. The summed E-state index contributed by atoms with van der Waals surface area (Å²) in [7, 11) is 0. The van der Waals surface area contributed by atoms with Gasteiger partial charge in [-0.15, -0.1) is 0 Å². The van der Waals surface area contributed by atoms with E-state index in [2.05, 4.69) is 9.97 Å². The van der Waals surface area contributed by atoms with Crippen LogP contribution < -0.4 is 0 Å². The number of hydrogen-bond acceptors (Lipinski definition) is 4. The molecule has 1 rings (SSSR count). The third-order valence-electron chi connectivity index (χ3n) is 1.97. The molecule has 1 heterocycles. The summed E-state index contributed by atoms with van der Waals surface area (Å²) < 4.78 is 0. The topological polar surface area (TPSA) is 83.4 Å². The van der Waals surface area contributed by atoms with Crippen LogP contribution >= 0.6 is 0 Å². The minimum absolute atomic E-state index is 0.150. The first-order chi connectivity index (χ1) is 7.52. The Morgan fingerprint density at radius 1 is 1.44 bits per heavy atom. The van der Waals surface area contributed by atoms with Crippen LogP contribution in [0.2, 0.25) is 0 Å². The van der Waals surface area contributed by atoms with Crippen LogP contribution in [-0.2, 0) is 4.79 Å². The maximum Gasteiger partial charge on any atom is 0.323 e. The average molecular weight is 223 g/mol. The van der Waals surface area contributed by atoms with E-state index in [0.717, 1.165) is 0 Å². The molecule has 0 radical (unpaired) electrons. The van der Waals surface area contributed by atoms with E-state index >= 15 is 0 Å². The van der Waals surface area contributed by atoms with E-state index in [1.807, 2.05) is 0 Å². The minimum atomic E-state index is -1.05. The molecule has 0 aliphatic heterocycles. The Morgan fingerprint density at radius 2 is 2.12 bits per heavy atom. The van der Waals surface area contributed by atoms with E-state index in [1.165, 1.54) is 23.5 Å². The van der Waals surface area contributed by atoms with Crippen LogP contribution in [0.3, 0.4) is 0 Å². The Balaban J connectivity index is 2.88. The van der Waals surface area contributed by atoms with Crippen LogP contribution in [0, 0.1) is 0 Å². The smallest absolute Gasteiger partial charge is 0.323 e. The fourth-order valence-electron chi connectivity index (χ4n) is 1.19. The van der Waals surface area contributed by atoms with Crippen LogP contribution in [0.5, 0.6) is 0 Å². The van der Waals surface area contributed by atoms with Crippen molar-refractivity contribution in [3.8, 4) is 0 Å². The van der Waals surface area contributed by atoms with Crippen molar-refractivity contribution < 1.29 is 14.7 Å². The molecular weight excluding hydrogens is 210 g/mol. The number of carbonyl (C=O) groups excluding carboxylic acids is 1. The Hall–Kier alpha value is -1.98. The van der Waals surface area contributed by atoms with E-state index in [0.29, 0.717) is 0 Å². The van der Waals surface area contributed by atoms with Gasteiger partial charge in [-0.1, -0.05) is 0 Å². The first-order valence-electron chi connectivity index (χ1n) is 4.81. The summed E-state index contributed by atoms with van der Waals surface area (Å²) in [6.45, 7) is 3.15. The summed E-state index contributed by atoms with van der Waals surface area (Å²) in [5.74, 6) is -1.48. The Labute approximate surface area is 92.9 Å². The molecule has 1 aromatic rings. The Kier molecular flexibility index (Phi) is 3.93. The van der Waals surface area contributed by atoms with Gasteiger partial charge in [-0.05, 0) is 13.8 Å². The molecule has 0 saturated heterocycles. The van der Waals surface area contributed by atoms with Crippen LogP contribution in [0.1, 0.15) is 24.3 Å². The second-order valence-electron chi connectivity index (χ2n) is 3.51. The summed E-state index contributed by atoms with van der Waals surface area (Å²) in [4.78, 5) is 31.3. The van der Waals surface area contributed by atoms with Gasteiger partial charge in [0, 0.05) is 18.4 Å². The molecule has 0 spiro atoms. The fraction of sp³-hybridized carbons (Fsp3) is 0.400. The third kappa shape index (κ3) is 3.01. The molecule has 0 unspecified atom stereocenters. The molecule has 0 aliphatic rings. The van der Waals surface area contributed by atoms with Gasteiger partial charge in [0.15, 0.2) is 0 Å². The Bertz CT molecular complexity index is 378. The maximum absolute atomic E-state index is 11.9. The lowest BCUT2D eigenvalue weighted by Crippen LogP contribution is -2.41. The van der Waals surface area contributed by atoms with Gasteiger partial charge < -0.3 is 10.0 Å². The molecule has 1 aromatic heterocycles. The first kappa shape index (κ1) is 12.1. The number of nitrogens with zero attached hydrogens (tertiary/aromatic N) is 3. The molecule has 0 bridgehead atoms. The minimum Gasteiger partial charge on any atom is -0.480 e. The van der Waals surface area contributed by atoms with Crippen LogP contribution in [0.15, 0.2) is 18.6 Å². The van der Waals surface area contributed by atoms with Crippen molar-refractivity contribution in [1.29, 1.82) is 0 Å². The second-order valence-corrected chi connectivity index (χ2v) is 3.51. The zero-order valence-corrected chi connectivity index (χ0v) is 9.12. The number of carbonyl (C=O) groups is 2. The fourth-order valence-corrected chi connectivity index (χ4v) is 1.19. The van der Waals surface area contributed by atoms with Crippen LogP contribution in [0.25, 0.3) is 0 Å². The van der Waals surface area contributed by atoms with Crippen molar-refractivity contribution in [1.82, 2.24) is 14.9 Å². The number of rotatable bonds is 4. The van der Waals surface area contributed by atoms with E-state index in [4.69, 9.17) is 5.11 Å². The van der Waals surface area contributed by atoms with Gasteiger partial charge in [-0.25, -0.2) is 4.98 Å². The Morgan fingerprint density at radius 3 is 2.56 bits per heavy atom. The normalized spacial score (nSPS) is 10.2. The summed E-state index contributed by atoms with van der Waals surface area (Å²) >= 11 is 0. The van der Waals surface area contributed by atoms with Gasteiger partial charge in [0.05, 0.1) is 6.20 Å². The predicted octanol–water partition coefficient (Wildman–Crippen LogP) is 0.412. The highest BCUT2D eigenvalue weighted by Gasteiger charge is 2.22. The zero-order chi connectivity index (χ0) is 12.1. The number of carboxylic acids is 1. The molecule has 86 valence electrons. The standard InChI is InChI=1S/C10H13N3O3/c1-7(2)13(6-9(14)15)10(16)8-5-11-3-4-12-8/h3-5,7H,6H2,1-2H3,(H,14,15). The number of aliphatic carboxylic acids is 1. The van der Waals surface area contributed by atoms with Crippen LogP contribution in [-0.4, -0.2) is 44.4 Å². The zero-order valence-electron chi connectivity index (χ0n) is 9.12. The summed E-state index contributed by atoms with van der Waals surface area (Å²) in [5.41, 5.74) is 0.150. The van der Waals surface area contributed by atoms with E-state index in [9.17, 15) is 9.59 Å². The van der Waals surface area contributed by atoms with Gasteiger partial charge in [0.25, 0.3) is 5.91 Å². The largest absolute Gasteiger partial charge is 0.480 e. The third-order valence-corrected chi connectivity index (χ3v) is 1.97. The van der Waals surface area contributed by atoms with E-state index in [-0.39, 0.29) is 18.3 Å². The number of amides is 1. The van der Waals surface area contributed by atoms with Crippen molar-refractivity contribution >= 4 is 11.9 Å². The lowest BCUT2D eigenvalue weighted by molar-refractivity contribution is -0.138. The predicted molar refractivity (Wildman–Crippen MR) is 55.8 cm³/mol. The molecule has 0 fully saturated rings. The molecule has 6 heteroatoms. The quantitative estimate of drug-likeness (QED) is 0.799. The van der Waals surface area contributed by atoms with Crippen molar-refractivity contribution in [2.24, 2.45) is 0 Å². The van der Waals surface area contributed by atoms with Crippen molar-refractivity contribution in [3.63, 3.8) is 0 Å². The maximum atomic E-state index is 11.9. The average Bonchev–Trinajstić information content (AvgIpc) is 2.25. The van der Waals surface area contributed by atoms with Crippen molar-refractivity contribution in [3.05, 3.63) is 24.3 Å². The van der Waals surface area contributed by atoms with Gasteiger partial charge in [-0.2, -0.15) is 0 Å². The van der Waals surface area contributed by atoms with E-state index in [1.54, 1.807) is 13.8 Å². The van der Waals surface area contributed by atoms with Gasteiger partial charge in [0.1, 0.15) is 12.2 Å². The number of hydrogen-bond donors (Lipinski definition) is 1. The summed E-state index contributed by atoms with van der Waals surface area (Å²) in [6, 6.07) is -0.203. The summed E-state index contributed by atoms with van der Waals surface area (Å²) in [6.07, 6.45) is 4.17. The highest BCUT2D eigenvalue weighted by molar-refractivity contribution is 5.94.